The first-order valence-corrected chi connectivity index (χ1v) is 11.3. The van der Waals surface area contributed by atoms with Gasteiger partial charge in [0.25, 0.3) is 11.8 Å². The van der Waals surface area contributed by atoms with Gasteiger partial charge in [0.2, 0.25) is 0 Å². The van der Waals surface area contributed by atoms with Crippen molar-refractivity contribution in [3.63, 3.8) is 0 Å². The van der Waals surface area contributed by atoms with Gasteiger partial charge < -0.3 is 20.8 Å². The molecule has 3 rings (SSSR count). The number of alkyl halides is 3. The van der Waals surface area contributed by atoms with Crippen LogP contribution in [0.15, 0.2) is 58.0 Å². The van der Waals surface area contributed by atoms with Gasteiger partial charge >= 0.3 is 12.1 Å². The Bertz CT molecular complexity index is 1320. The number of rotatable bonds is 7. The lowest BCUT2D eigenvalue weighted by Gasteiger charge is -2.10. The molecule has 1 aromatic heterocycles. The standard InChI is InChI=1S/C22H15BrF3N3O5S/c23-15-7-12(19(31)27-9-11-2-1-3-13(30)6-11)4-5-14(15)20(32)28-16(21(33)34)8-18-29-17(10-35-18)22(24,25)26/h1-8,10,30H,9H2,(H,27,31)(H,28,32)(H,33,34)/b16-8+. The van der Waals surface area contributed by atoms with Crippen LogP contribution in [0.3, 0.4) is 0 Å². The molecule has 0 radical (unpaired) electrons. The molecule has 182 valence electrons. The molecule has 0 bridgehead atoms. The Morgan fingerprint density at radius 1 is 1.11 bits per heavy atom. The predicted molar refractivity (Wildman–Crippen MR) is 124 cm³/mol. The zero-order valence-electron chi connectivity index (χ0n) is 17.4. The van der Waals surface area contributed by atoms with Crippen molar-refractivity contribution in [2.24, 2.45) is 0 Å². The summed E-state index contributed by atoms with van der Waals surface area (Å²) in [4.78, 5) is 39.8. The maximum Gasteiger partial charge on any atom is 0.434 e. The van der Waals surface area contributed by atoms with Gasteiger partial charge in [0.1, 0.15) is 16.5 Å². The lowest BCUT2D eigenvalue weighted by atomic mass is 10.1. The number of benzene rings is 2. The van der Waals surface area contributed by atoms with Crippen LogP contribution in [0.2, 0.25) is 0 Å². The normalized spacial score (nSPS) is 11.7. The Kier molecular flexibility index (Phi) is 7.92. The number of phenolic OH excluding ortho intramolecular Hbond substituents is 1. The second-order valence-corrected chi connectivity index (χ2v) is 8.68. The number of carbonyl (C=O) groups excluding carboxylic acids is 2. The fourth-order valence-electron chi connectivity index (χ4n) is 2.74. The van der Waals surface area contributed by atoms with Crippen molar-refractivity contribution in [3.8, 4) is 5.75 Å². The first kappa shape index (κ1) is 25.9. The van der Waals surface area contributed by atoms with Gasteiger partial charge in [-0.15, -0.1) is 11.3 Å². The van der Waals surface area contributed by atoms with Gasteiger partial charge in [-0.3, -0.25) is 9.59 Å². The zero-order valence-corrected chi connectivity index (χ0v) is 19.8. The van der Waals surface area contributed by atoms with Gasteiger partial charge in [0.15, 0.2) is 5.69 Å². The number of hydrogen-bond donors (Lipinski definition) is 4. The van der Waals surface area contributed by atoms with E-state index >= 15 is 0 Å². The Labute approximate surface area is 208 Å². The third kappa shape index (κ3) is 6.90. The van der Waals surface area contributed by atoms with E-state index in [1.54, 1.807) is 12.1 Å². The Morgan fingerprint density at radius 3 is 2.46 bits per heavy atom. The average molecular weight is 570 g/mol. The lowest BCUT2D eigenvalue weighted by molar-refractivity contribution is -0.140. The largest absolute Gasteiger partial charge is 0.508 e. The average Bonchev–Trinajstić information content (AvgIpc) is 3.26. The SMILES string of the molecule is O=C(O)/C(=C\c1nc(C(F)(F)F)cs1)NC(=O)c1ccc(C(=O)NCc2cccc(O)c2)cc1Br. The van der Waals surface area contributed by atoms with E-state index < -0.39 is 35.4 Å². The molecule has 0 spiro atoms. The molecular formula is C22H15BrF3N3O5S. The van der Waals surface area contributed by atoms with E-state index in [-0.39, 0.29) is 32.9 Å². The molecule has 35 heavy (non-hydrogen) atoms. The van der Waals surface area contributed by atoms with Crippen LogP contribution in [0.5, 0.6) is 5.75 Å². The summed E-state index contributed by atoms with van der Waals surface area (Å²) >= 11 is 3.73. The third-order valence-electron chi connectivity index (χ3n) is 4.40. The highest BCUT2D eigenvalue weighted by molar-refractivity contribution is 9.10. The predicted octanol–water partition coefficient (Wildman–Crippen LogP) is 4.42. The number of aromatic hydroxyl groups is 1. The van der Waals surface area contributed by atoms with Crippen LogP contribution < -0.4 is 10.6 Å². The van der Waals surface area contributed by atoms with Crippen LogP contribution in [0.4, 0.5) is 13.2 Å². The van der Waals surface area contributed by atoms with Gasteiger partial charge in [-0.05, 0) is 51.8 Å². The van der Waals surface area contributed by atoms with E-state index in [1.807, 2.05) is 0 Å². The molecule has 0 saturated carbocycles. The quantitative estimate of drug-likeness (QED) is 0.312. The highest BCUT2D eigenvalue weighted by Crippen LogP contribution is 2.30. The molecular weight excluding hydrogens is 555 g/mol. The molecule has 2 amide bonds. The fraction of sp³-hybridized carbons (Fsp3) is 0.0909. The van der Waals surface area contributed by atoms with Crippen molar-refractivity contribution in [1.29, 1.82) is 0 Å². The molecule has 0 fully saturated rings. The summed E-state index contributed by atoms with van der Waals surface area (Å²) in [6.07, 6.45) is -3.87. The molecule has 0 aliphatic rings. The summed E-state index contributed by atoms with van der Waals surface area (Å²) in [7, 11) is 0. The number of aliphatic carboxylic acids is 1. The number of halogens is 4. The number of carboxylic acid groups (broad SMARTS) is 1. The lowest BCUT2D eigenvalue weighted by Crippen LogP contribution is -2.28. The second-order valence-electron chi connectivity index (χ2n) is 6.93. The number of thiazole rings is 1. The molecule has 0 aliphatic heterocycles. The summed E-state index contributed by atoms with van der Waals surface area (Å²) in [6.45, 7) is 0.146. The molecule has 0 atom stereocenters. The topological polar surface area (TPSA) is 129 Å². The van der Waals surface area contributed by atoms with Gasteiger partial charge in [-0.25, -0.2) is 9.78 Å². The number of carbonyl (C=O) groups is 3. The van der Waals surface area contributed by atoms with Crippen molar-refractivity contribution in [2.75, 3.05) is 0 Å². The smallest absolute Gasteiger partial charge is 0.434 e. The van der Waals surface area contributed by atoms with Crippen molar-refractivity contribution in [2.45, 2.75) is 12.7 Å². The van der Waals surface area contributed by atoms with Gasteiger partial charge in [-0.2, -0.15) is 13.2 Å². The van der Waals surface area contributed by atoms with E-state index in [4.69, 9.17) is 0 Å². The number of nitrogens with zero attached hydrogens (tertiary/aromatic N) is 1. The van der Waals surface area contributed by atoms with Gasteiger partial charge in [-0.1, -0.05) is 12.1 Å². The fourth-order valence-corrected chi connectivity index (χ4v) is 4.05. The van der Waals surface area contributed by atoms with E-state index in [0.717, 1.165) is 11.5 Å². The highest BCUT2D eigenvalue weighted by atomic mass is 79.9. The van der Waals surface area contributed by atoms with Crippen LogP contribution in [-0.4, -0.2) is 33.0 Å². The molecule has 4 N–H and O–H groups in total. The number of nitrogens with one attached hydrogen (secondary N) is 2. The first-order chi connectivity index (χ1) is 16.4. The molecule has 1 heterocycles. The number of phenols is 1. The summed E-state index contributed by atoms with van der Waals surface area (Å²) in [5.74, 6) is -2.86. The second kappa shape index (κ2) is 10.7. The van der Waals surface area contributed by atoms with E-state index in [0.29, 0.717) is 16.9 Å². The molecule has 8 nitrogen and oxygen atoms in total. The van der Waals surface area contributed by atoms with Crippen LogP contribution in [0.1, 0.15) is 37.0 Å². The number of amides is 2. The van der Waals surface area contributed by atoms with E-state index in [9.17, 15) is 37.8 Å². The molecule has 0 saturated heterocycles. The highest BCUT2D eigenvalue weighted by Gasteiger charge is 2.33. The Morgan fingerprint density at radius 2 is 1.86 bits per heavy atom. The van der Waals surface area contributed by atoms with Crippen molar-refractivity contribution >= 4 is 51.1 Å². The van der Waals surface area contributed by atoms with Crippen LogP contribution in [0, 0.1) is 0 Å². The summed E-state index contributed by atoms with van der Waals surface area (Å²) in [5.41, 5.74) is -1.01. The van der Waals surface area contributed by atoms with Gasteiger partial charge in [0, 0.05) is 28.0 Å². The molecule has 0 unspecified atom stereocenters. The number of carboxylic acids is 1. The van der Waals surface area contributed by atoms with E-state index in [1.165, 1.54) is 30.3 Å². The number of hydrogen-bond acceptors (Lipinski definition) is 6. The molecule has 2 aromatic carbocycles. The minimum Gasteiger partial charge on any atom is -0.508 e. The zero-order chi connectivity index (χ0) is 25.8. The number of aromatic nitrogens is 1. The van der Waals surface area contributed by atoms with Crippen molar-refractivity contribution in [1.82, 2.24) is 15.6 Å². The summed E-state index contributed by atoms with van der Waals surface area (Å²) in [5, 5.41) is 24.1. The third-order valence-corrected chi connectivity index (χ3v) is 5.85. The van der Waals surface area contributed by atoms with E-state index in [2.05, 4.69) is 31.5 Å². The summed E-state index contributed by atoms with van der Waals surface area (Å²) < 4.78 is 38.3. The molecule has 13 heteroatoms. The molecule has 0 aliphatic carbocycles. The monoisotopic (exact) mass is 569 g/mol. The molecule has 3 aromatic rings. The minimum atomic E-state index is -4.68. The Hall–Kier alpha value is -3.71. The maximum absolute atomic E-state index is 12.7. The van der Waals surface area contributed by atoms with Crippen molar-refractivity contribution in [3.05, 3.63) is 85.4 Å². The first-order valence-electron chi connectivity index (χ1n) is 9.59. The van der Waals surface area contributed by atoms with Crippen LogP contribution in [-0.2, 0) is 17.5 Å². The van der Waals surface area contributed by atoms with Crippen LogP contribution in [0.25, 0.3) is 6.08 Å². The minimum absolute atomic E-state index is 0.0169. The van der Waals surface area contributed by atoms with Gasteiger partial charge in [0.05, 0.1) is 5.56 Å². The van der Waals surface area contributed by atoms with Crippen LogP contribution >= 0.6 is 27.3 Å². The van der Waals surface area contributed by atoms with Crippen molar-refractivity contribution < 1.29 is 37.8 Å². The maximum atomic E-state index is 12.7. The summed E-state index contributed by atoms with van der Waals surface area (Å²) in [6, 6.07) is 10.3. The Balaban J connectivity index is 1.72.